The predicted molar refractivity (Wildman–Crippen MR) is 110 cm³/mol. The number of hydrogen-bond acceptors (Lipinski definition) is 4. The molecular formula is C18H20BrClN2O4S. The van der Waals surface area contributed by atoms with E-state index in [1.807, 2.05) is 13.0 Å². The highest BCUT2D eigenvalue weighted by molar-refractivity contribution is 9.10. The van der Waals surface area contributed by atoms with Crippen LogP contribution in [0.3, 0.4) is 0 Å². The molecule has 0 heterocycles. The molecule has 0 spiro atoms. The number of nitrogens with one attached hydrogen (secondary N) is 2. The van der Waals surface area contributed by atoms with Crippen molar-refractivity contribution < 1.29 is 17.9 Å². The van der Waals surface area contributed by atoms with Gasteiger partial charge in [0.05, 0.1) is 27.8 Å². The number of rotatable bonds is 7. The van der Waals surface area contributed by atoms with E-state index in [1.165, 1.54) is 25.3 Å². The van der Waals surface area contributed by atoms with E-state index in [9.17, 15) is 13.2 Å². The number of carbonyl (C=O) groups is 1. The maximum atomic E-state index is 12.7. The van der Waals surface area contributed by atoms with Crippen molar-refractivity contribution >= 4 is 49.1 Å². The molecule has 0 bridgehead atoms. The standard InChI is InChI=1S/C18H20BrClN2O4S/c1-11-4-6-15(19)17(8-11)22-27(24,25)13-5-7-16(20)14(9-13)18(23)21-12(2)10-26-3/h4-9,12,22H,10H2,1-3H3,(H,21,23). The van der Waals surface area contributed by atoms with Gasteiger partial charge in [-0.3, -0.25) is 9.52 Å². The summed E-state index contributed by atoms with van der Waals surface area (Å²) in [6.07, 6.45) is 0. The van der Waals surface area contributed by atoms with Crippen LogP contribution in [0.25, 0.3) is 0 Å². The van der Waals surface area contributed by atoms with E-state index in [1.54, 1.807) is 19.1 Å². The highest BCUT2D eigenvalue weighted by Crippen LogP contribution is 2.27. The Morgan fingerprint density at radius 3 is 2.63 bits per heavy atom. The number of amides is 1. The summed E-state index contributed by atoms with van der Waals surface area (Å²) in [4.78, 5) is 12.3. The van der Waals surface area contributed by atoms with E-state index in [0.29, 0.717) is 16.8 Å². The van der Waals surface area contributed by atoms with Crippen LogP contribution in [0.5, 0.6) is 0 Å². The van der Waals surface area contributed by atoms with Crippen LogP contribution in [0.1, 0.15) is 22.8 Å². The summed E-state index contributed by atoms with van der Waals surface area (Å²) in [7, 11) is -2.38. The average molecular weight is 476 g/mol. The van der Waals surface area contributed by atoms with Crippen LogP contribution in [0.4, 0.5) is 5.69 Å². The summed E-state index contributed by atoms with van der Waals surface area (Å²) in [5, 5.41) is 2.87. The topological polar surface area (TPSA) is 84.5 Å². The van der Waals surface area contributed by atoms with Crippen molar-refractivity contribution in [2.75, 3.05) is 18.4 Å². The third-order valence-electron chi connectivity index (χ3n) is 3.65. The Morgan fingerprint density at radius 1 is 1.26 bits per heavy atom. The van der Waals surface area contributed by atoms with E-state index in [4.69, 9.17) is 16.3 Å². The summed E-state index contributed by atoms with van der Waals surface area (Å²) in [5.41, 5.74) is 1.38. The smallest absolute Gasteiger partial charge is 0.261 e. The third-order valence-corrected chi connectivity index (χ3v) is 6.04. The number of halogens is 2. The first kappa shape index (κ1) is 21.7. The van der Waals surface area contributed by atoms with Gasteiger partial charge in [0.15, 0.2) is 0 Å². The van der Waals surface area contributed by atoms with Gasteiger partial charge in [-0.05, 0) is 65.7 Å². The fourth-order valence-corrected chi connectivity index (χ4v) is 4.14. The van der Waals surface area contributed by atoms with Gasteiger partial charge < -0.3 is 10.1 Å². The van der Waals surface area contributed by atoms with Crippen LogP contribution in [-0.4, -0.2) is 34.1 Å². The van der Waals surface area contributed by atoms with E-state index in [2.05, 4.69) is 26.0 Å². The number of sulfonamides is 1. The van der Waals surface area contributed by atoms with E-state index < -0.39 is 15.9 Å². The SMILES string of the molecule is COCC(C)NC(=O)c1cc(S(=O)(=O)Nc2cc(C)ccc2Br)ccc1Cl. The molecule has 0 aliphatic carbocycles. The zero-order valence-corrected chi connectivity index (χ0v) is 18.2. The Bertz CT molecular complexity index is 950. The van der Waals surface area contributed by atoms with Crippen molar-refractivity contribution in [3.63, 3.8) is 0 Å². The summed E-state index contributed by atoms with van der Waals surface area (Å²) in [5.74, 6) is -0.474. The van der Waals surface area contributed by atoms with E-state index >= 15 is 0 Å². The van der Waals surface area contributed by atoms with Gasteiger partial charge in [-0.25, -0.2) is 8.42 Å². The van der Waals surface area contributed by atoms with Crippen molar-refractivity contribution in [3.8, 4) is 0 Å². The minimum Gasteiger partial charge on any atom is -0.383 e. The predicted octanol–water partition coefficient (Wildman–Crippen LogP) is 3.98. The molecule has 0 aromatic heterocycles. The Hall–Kier alpha value is -1.61. The maximum Gasteiger partial charge on any atom is 0.261 e. The molecule has 0 aliphatic heterocycles. The zero-order valence-electron chi connectivity index (χ0n) is 15.0. The monoisotopic (exact) mass is 474 g/mol. The van der Waals surface area contributed by atoms with Crippen molar-refractivity contribution in [2.24, 2.45) is 0 Å². The fourth-order valence-electron chi connectivity index (χ4n) is 2.36. The lowest BCUT2D eigenvalue weighted by Crippen LogP contribution is -2.35. The maximum absolute atomic E-state index is 12.7. The van der Waals surface area contributed by atoms with E-state index in [0.717, 1.165) is 5.56 Å². The van der Waals surface area contributed by atoms with Crippen LogP contribution in [0.2, 0.25) is 5.02 Å². The molecular weight excluding hydrogens is 456 g/mol. The molecule has 1 atom stereocenters. The lowest BCUT2D eigenvalue weighted by atomic mass is 10.2. The first-order valence-electron chi connectivity index (χ1n) is 8.02. The molecule has 2 aromatic carbocycles. The summed E-state index contributed by atoms with van der Waals surface area (Å²) < 4.78 is 33.6. The van der Waals surface area contributed by atoms with Crippen molar-refractivity contribution in [1.29, 1.82) is 0 Å². The van der Waals surface area contributed by atoms with Crippen LogP contribution in [0, 0.1) is 6.92 Å². The summed E-state index contributed by atoms with van der Waals surface area (Å²) in [6, 6.07) is 9.06. The number of methoxy groups -OCH3 is 1. The molecule has 1 amide bonds. The van der Waals surface area contributed by atoms with Crippen molar-refractivity contribution in [2.45, 2.75) is 24.8 Å². The lowest BCUT2D eigenvalue weighted by Gasteiger charge is -2.15. The quantitative estimate of drug-likeness (QED) is 0.634. The minimum atomic E-state index is -3.91. The first-order chi connectivity index (χ1) is 12.6. The number of carbonyl (C=O) groups excluding carboxylic acids is 1. The second kappa shape index (κ2) is 9.05. The second-order valence-electron chi connectivity index (χ2n) is 6.06. The lowest BCUT2D eigenvalue weighted by molar-refractivity contribution is 0.0905. The molecule has 2 N–H and O–H groups in total. The summed E-state index contributed by atoms with van der Waals surface area (Å²) >= 11 is 9.42. The molecule has 0 fully saturated rings. The Kier molecular flexibility index (Phi) is 7.27. The second-order valence-corrected chi connectivity index (χ2v) is 9.00. The molecule has 0 saturated heterocycles. The minimum absolute atomic E-state index is 0.0650. The first-order valence-corrected chi connectivity index (χ1v) is 10.7. The van der Waals surface area contributed by atoms with Crippen LogP contribution in [-0.2, 0) is 14.8 Å². The Labute approximate surface area is 172 Å². The fraction of sp³-hybridized carbons (Fsp3) is 0.278. The van der Waals surface area contributed by atoms with Gasteiger partial charge in [-0.15, -0.1) is 0 Å². The molecule has 146 valence electrons. The van der Waals surface area contributed by atoms with Gasteiger partial charge in [0, 0.05) is 17.6 Å². The molecule has 9 heteroatoms. The summed E-state index contributed by atoms with van der Waals surface area (Å²) in [6.45, 7) is 3.95. The molecule has 0 radical (unpaired) electrons. The molecule has 0 saturated carbocycles. The van der Waals surface area contributed by atoms with Crippen molar-refractivity contribution in [1.82, 2.24) is 5.32 Å². The number of anilines is 1. The average Bonchev–Trinajstić information content (AvgIpc) is 2.58. The highest BCUT2D eigenvalue weighted by atomic mass is 79.9. The molecule has 27 heavy (non-hydrogen) atoms. The van der Waals surface area contributed by atoms with Gasteiger partial charge >= 0.3 is 0 Å². The molecule has 2 rings (SSSR count). The van der Waals surface area contributed by atoms with Crippen LogP contribution >= 0.6 is 27.5 Å². The third kappa shape index (κ3) is 5.68. The van der Waals surface area contributed by atoms with Gasteiger partial charge in [0.25, 0.3) is 15.9 Å². The Balaban J connectivity index is 2.32. The number of ether oxygens (including phenoxy) is 1. The van der Waals surface area contributed by atoms with Crippen LogP contribution < -0.4 is 10.0 Å². The molecule has 2 aromatic rings. The van der Waals surface area contributed by atoms with Crippen molar-refractivity contribution in [3.05, 3.63) is 57.0 Å². The molecule has 0 aliphatic rings. The van der Waals surface area contributed by atoms with Gasteiger partial charge in [0.1, 0.15) is 0 Å². The van der Waals surface area contributed by atoms with Gasteiger partial charge in [-0.2, -0.15) is 0 Å². The number of hydrogen-bond donors (Lipinski definition) is 2. The zero-order chi connectivity index (χ0) is 20.2. The Morgan fingerprint density at radius 2 is 1.96 bits per heavy atom. The molecule has 6 nitrogen and oxygen atoms in total. The van der Waals surface area contributed by atoms with Gasteiger partial charge in [-0.1, -0.05) is 17.7 Å². The largest absolute Gasteiger partial charge is 0.383 e. The number of aryl methyl sites for hydroxylation is 1. The highest BCUT2D eigenvalue weighted by Gasteiger charge is 2.20. The number of benzene rings is 2. The normalized spacial score (nSPS) is 12.5. The van der Waals surface area contributed by atoms with Gasteiger partial charge in [0.2, 0.25) is 0 Å². The molecule has 1 unspecified atom stereocenters. The van der Waals surface area contributed by atoms with Crippen LogP contribution in [0.15, 0.2) is 45.8 Å². The van der Waals surface area contributed by atoms with E-state index in [-0.39, 0.29) is 21.5 Å².